The van der Waals surface area contributed by atoms with E-state index in [1.807, 2.05) is 13.8 Å². The lowest BCUT2D eigenvalue weighted by Gasteiger charge is -2.41. The van der Waals surface area contributed by atoms with E-state index in [9.17, 15) is 31.1 Å². The first-order valence-electron chi connectivity index (χ1n) is 10.8. The first-order valence-corrected chi connectivity index (χ1v) is 10.8. The van der Waals surface area contributed by atoms with Crippen molar-refractivity contribution in [1.29, 1.82) is 0 Å². The second-order valence-corrected chi connectivity index (χ2v) is 8.29. The van der Waals surface area contributed by atoms with Crippen molar-refractivity contribution in [3.8, 4) is 0 Å². The summed E-state index contributed by atoms with van der Waals surface area (Å²) in [4.78, 5) is 11.8. The van der Waals surface area contributed by atoms with Gasteiger partial charge in [0.2, 0.25) is 0 Å². The van der Waals surface area contributed by atoms with Crippen molar-refractivity contribution >= 4 is 11.8 Å². The summed E-state index contributed by atoms with van der Waals surface area (Å²) in [6.07, 6.45) is -10.7. The minimum Gasteiger partial charge on any atom is -0.445 e. The molecule has 0 spiro atoms. The molecule has 188 valence electrons. The third-order valence-electron chi connectivity index (χ3n) is 5.83. The van der Waals surface area contributed by atoms with Crippen LogP contribution in [0.25, 0.3) is 0 Å². The Labute approximate surface area is 194 Å². The Morgan fingerprint density at radius 3 is 1.82 bits per heavy atom. The monoisotopic (exact) mass is 490 g/mol. The van der Waals surface area contributed by atoms with E-state index in [-0.39, 0.29) is 11.6 Å². The molecule has 0 bridgehead atoms. The van der Waals surface area contributed by atoms with Gasteiger partial charge in [-0.1, -0.05) is 44.9 Å². The first kappa shape index (κ1) is 27.3. The number of nitrogen functional groups attached to an aromatic ring is 1. The number of rotatable bonds is 9. The van der Waals surface area contributed by atoms with Crippen LogP contribution >= 0.6 is 0 Å². The van der Waals surface area contributed by atoms with Gasteiger partial charge in [0.25, 0.3) is 0 Å². The van der Waals surface area contributed by atoms with E-state index in [2.05, 4.69) is 0 Å². The largest absolute Gasteiger partial charge is 0.445 e. The van der Waals surface area contributed by atoms with Crippen molar-refractivity contribution in [2.24, 2.45) is 5.73 Å². The molecule has 4 N–H and O–H groups in total. The van der Waals surface area contributed by atoms with Crippen molar-refractivity contribution in [2.75, 3.05) is 5.73 Å². The molecule has 1 atom stereocenters. The van der Waals surface area contributed by atoms with Gasteiger partial charge in [0, 0.05) is 17.5 Å². The summed E-state index contributed by atoms with van der Waals surface area (Å²) in [5.41, 5.74) is 8.37. The minimum atomic E-state index is -5.00. The Kier molecular flexibility index (Phi) is 8.50. The molecule has 10 heteroatoms. The maximum Gasteiger partial charge on any atom is 0.416 e. The highest BCUT2D eigenvalue weighted by atomic mass is 19.4. The summed E-state index contributed by atoms with van der Waals surface area (Å²) in [5.74, 6) is 0. The van der Waals surface area contributed by atoms with Gasteiger partial charge in [-0.3, -0.25) is 0 Å². The molecule has 0 heterocycles. The van der Waals surface area contributed by atoms with Crippen LogP contribution in [0.3, 0.4) is 0 Å². The van der Waals surface area contributed by atoms with Crippen LogP contribution in [0.5, 0.6) is 0 Å². The molecule has 2 aromatic carbocycles. The van der Waals surface area contributed by atoms with Crippen molar-refractivity contribution in [2.45, 2.75) is 69.8 Å². The van der Waals surface area contributed by atoms with Crippen LogP contribution in [0.1, 0.15) is 61.8 Å². The number of carbonyl (C=O) groups is 1. The minimum absolute atomic E-state index is 0.0635. The Morgan fingerprint density at radius 1 is 0.912 bits per heavy atom. The van der Waals surface area contributed by atoms with Crippen molar-refractivity contribution in [1.82, 2.24) is 0 Å². The summed E-state index contributed by atoms with van der Waals surface area (Å²) in [6, 6.07) is 8.14. The van der Waals surface area contributed by atoms with E-state index in [0.717, 1.165) is 0 Å². The zero-order valence-electron chi connectivity index (χ0n) is 18.9. The number of para-hydroxylation sites is 1. The molecule has 2 aromatic rings. The lowest BCUT2D eigenvalue weighted by atomic mass is 9.67. The second-order valence-electron chi connectivity index (χ2n) is 8.29. The number of carbonyl (C=O) groups excluding carboxylic acids is 1. The fourth-order valence-electron chi connectivity index (χ4n) is 4.57. The zero-order valence-corrected chi connectivity index (χ0v) is 18.9. The highest BCUT2D eigenvalue weighted by Crippen LogP contribution is 2.44. The molecule has 0 fully saturated rings. The van der Waals surface area contributed by atoms with Crippen LogP contribution < -0.4 is 11.5 Å². The molecule has 0 saturated heterocycles. The summed E-state index contributed by atoms with van der Waals surface area (Å²) in [7, 11) is 0. The van der Waals surface area contributed by atoms with Gasteiger partial charge >= 0.3 is 18.4 Å². The van der Waals surface area contributed by atoms with E-state index in [1.165, 1.54) is 0 Å². The summed E-state index contributed by atoms with van der Waals surface area (Å²) in [6.45, 7) is 3.74. The second kappa shape index (κ2) is 10.6. The standard InChI is InChI=1S/C24H28F6N2O2/c1-3-9-22(10-4-2,18-7-5-6-8-19(18)31)20(34-21(32)33)13-15-11-16(23(25,26)27)14-17(12-15)24(28,29)30/h5-8,11-12,14,20H,3-4,9-10,13,31H2,1-2H3,(H2,32,33). The number of anilines is 1. The lowest BCUT2D eigenvalue weighted by Crippen LogP contribution is -2.45. The van der Waals surface area contributed by atoms with Crippen LogP contribution in [0.15, 0.2) is 42.5 Å². The molecule has 0 aliphatic heterocycles. The maximum atomic E-state index is 13.4. The normalized spacial score (nSPS) is 13.5. The van der Waals surface area contributed by atoms with Gasteiger partial charge in [0.05, 0.1) is 11.1 Å². The van der Waals surface area contributed by atoms with E-state index in [4.69, 9.17) is 16.2 Å². The number of nitrogens with two attached hydrogens (primary N) is 2. The molecular weight excluding hydrogens is 462 g/mol. The lowest BCUT2D eigenvalue weighted by molar-refractivity contribution is -0.143. The molecular formula is C24H28F6N2O2. The van der Waals surface area contributed by atoms with E-state index in [1.54, 1.807) is 24.3 Å². The number of halogens is 6. The zero-order chi connectivity index (χ0) is 25.7. The molecule has 0 radical (unpaired) electrons. The highest BCUT2D eigenvalue weighted by Gasteiger charge is 2.43. The summed E-state index contributed by atoms with van der Waals surface area (Å²) < 4.78 is 85.7. The molecule has 4 nitrogen and oxygen atoms in total. The summed E-state index contributed by atoms with van der Waals surface area (Å²) >= 11 is 0. The molecule has 1 unspecified atom stereocenters. The molecule has 2 rings (SSSR count). The van der Waals surface area contributed by atoms with Gasteiger partial charge in [-0.2, -0.15) is 26.3 Å². The molecule has 0 aliphatic rings. The maximum absolute atomic E-state index is 13.4. The fraction of sp³-hybridized carbons (Fsp3) is 0.458. The molecule has 1 amide bonds. The number of hydrogen-bond donors (Lipinski definition) is 2. The average Bonchev–Trinajstić information content (AvgIpc) is 2.71. The number of hydrogen-bond acceptors (Lipinski definition) is 3. The number of ether oxygens (including phenoxy) is 1. The van der Waals surface area contributed by atoms with Crippen LogP contribution in [0, 0.1) is 0 Å². The summed E-state index contributed by atoms with van der Waals surface area (Å²) in [5, 5.41) is 0. The van der Waals surface area contributed by atoms with Crippen molar-refractivity contribution in [3.63, 3.8) is 0 Å². The van der Waals surface area contributed by atoms with Crippen LogP contribution in [-0.4, -0.2) is 12.2 Å². The van der Waals surface area contributed by atoms with E-state index < -0.39 is 47.5 Å². The highest BCUT2D eigenvalue weighted by molar-refractivity contribution is 5.65. The first-order chi connectivity index (χ1) is 15.7. The smallest absolute Gasteiger partial charge is 0.416 e. The molecule has 0 aliphatic carbocycles. The number of amides is 1. The van der Waals surface area contributed by atoms with Gasteiger partial charge in [-0.25, -0.2) is 4.79 Å². The van der Waals surface area contributed by atoms with Crippen molar-refractivity contribution in [3.05, 3.63) is 64.7 Å². The van der Waals surface area contributed by atoms with Gasteiger partial charge in [-0.05, 0) is 48.2 Å². The molecule has 34 heavy (non-hydrogen) atoms. The number of alkyl halides is 6. The Hall–Kier alpha value is -2.91. The topological polar surface area (TPSA) is 78.3 Å². The molecule has 0 saturated carbocycles. The quantitative estimate of drug-likeness (QED) is 0.298. The third-order valence-corrected chi connectivity index (χ3v) is 5.83. The van der Waals surface area contributed by atoms with Crippen LogP contribution in [0.4, 0.5) is 36.8 Å². The van der Waals surface area contributed by atoms with Gasteiger partial charge < -0.3 is 16.2 Å². The molecule has 0 aromatic heterocycles. The van der Waals surface area contributed by atoms with Crippen LogP contribution in [-0.2, 0) is 28.9 Å². The van der Waals surface area contributed by atoms with Crippen LogP contribution in [0.2, 0.25) is 0 Å². The Morgan fingerprint density at radius 2 is 1.41 bits per heavy atom. The van der Waals surface area contributed by atoms with Gasteiger partial charge in [-0.15, -0.1) is 0 Å². The van der Waals surface area contributed by atoms with Crippen molar-refractivity contribution < 1.29 is 35.9 Å². The predicted molar refractivity (Wildman–Crippen MR) is 117 cm³/mol. The van der Waals surface area contributed by atoms with E-state index in [0.29, 0.717) is 49.1 Å². The van der Waals surface area contributed by atoms with Gasteiger partial charge in [0.1, 0.15) is 6.10 Å². The average molecular weight is 490 g/mol. The third kappa shape index (κ3) is 6.36. The number of primary amides is 1. The SMILES string of the molecule is CCCC(CCC)(c1ccccc1N)C(Cc1cc(C(F)(F)F)cc(C(F)(F)F)c1)OC(N)=O. The van der Waals surface area contributed by atoms with E-state index >= 15 is 0 Å². The Balaban J connectivity index is 2.73. The predicted octanol–water partition coefficient (Wildman–Crippen LogP) is 6.85. The Bertz CT molecular complexity index is 950. The van der Waals surface area contributed by atoms with Gasteiger partial charge in [0.15, 0.2) is 0 Å². The number of benzene rings is 2. The fourth-order valence-corrected chi connectivity index (χ4v) is 4.57.